The number of benzene rings is 1. The van der Waals surface area contributed by atoms with E-state index in [0.29, 0.717) is 32.0 Å². The molecule has 142 valence electrons. The van der Waals surface area contributed by atoms with Crippen LogP contribution in [0.5, 0.6) is 0 Å². The van der Waals surface area contributed by atoms with E-state index in [2.05, 4.69) is 10.3 Å². The van der Waals surface area contributed by atoms with E-state index < -0.39 is 10.0 Å². The Morgan fingerprint density at radius 1 is 1.31 bits per heavy atom. The molecule has 0 bridgehead atoms. The molecule has 0 spiro atoms. The number of hydrogen-bond acceptors (Lipinski definition) is 7. The largest absolute Gasteiger partial charge is 0.379 e. The van der Waals surface area contributed by atoms with Crippen LogP contribution in [0.25, 0.3) is 0 Å². The number of nitrogens with one attached hydrogen (secondary N) is 1. The highest BCUT2D eigenvalue weighted by Gasteiger charge is 2.26. The molecule has 2 aliphatic heterocycles. The van der Waals surface area contributed by atoms with Crippen LogP contribution in [0.2, 0.25) is 0 Å². The Morgan fingerprint density at radius 3 is 2.62 bits per heavy atom. The summed E-state index contributed by atoms with van der Waals surface area (Å²) in [5.41, 5.74) is 0.574. The van der Waals surface area contributed by atoms with Crippen molar-refractivity contribution in [3.63, 3.8) is 0 Å². The summed E-state index contributed by atoms with van der Waals surface area (Å²) in [6, 6.07) is 6.28. The lowest BCUT2D eigenvalue weighted by Crippen LogP contribution is -2.40. The van der Waals surface area contributed by atoms with Gasteiger partial charge in [0, 0.05) is 24.5 Å². The van der Waals surface area contributed by atoms with Crippen LogP contribution in [0.15, 0.2) is 34.2 Å². The number of thioether (sulfide) groups is 2. The number of nitrogens with zero attached hydrogens (tertiary/aromatic N) is 2. The van der Waals surface area contributed by atoms with Gasteiger partial charge < -0.3 is 10.1 Å². The maximum atomic E-state index is 12.6. The minimum Gasteiger partial charge on any atom is -0.379 e. The summed E-state index contributed by atoms with van der Waals surface area (Å²) < 4.78 is 32.7. The fourth-order valence-corrected chi connectivity index (χ4v) is 6.02. The first kappa shape index (κ1) is 19.7. The molecule has 10 heteroatoms. The number of ether oxygens (including phenoxy) is 1. The van der Waals surface area contributed by atoms with Crippen LogP contribution in [0, 0.1) is 0 Å². The first-order valence-electron chi connectivity index (χ1n) is 8.29. The summed E-state index contributed by atoms with van der Waals surface area (Å²) in [6.07, 6.45) is 0. The number of carbonyl (C=O) groups excluding carboxylic acids is 1. The monoisotopic (exact) mass is 415 g/mol. The molecule has 1 amide bonds. The topological polar surface area (TPSA) is 88.1 Å². The van der Waals surface area contributed by atoms with Crippen LogP contribution in [-0.4, -0.2) is 66.9 Å². The fraction of sp³-hybridized carbons (Fsp3) is 0.500. The molecule has 1 N–H and O–H groups in total. The van der Waals surface area contributed by atoms with Crippen molar-refractivity contribution in [3.8, 4) is 0 Å². The third-order valence-corrected chi connectivity index (χ3v) is 8.15. The standard InChI is InChI=1S/C16H21N3O4S3/c1-12(25-16-17-6-11-24-16)15(20)18-13-2-4-14(5-3-13)26(21,22)19-7-9-23-10-8-19/h2-5,12H,6-11H2,1H3,(H,18,20)/t12-/m0/s1. The smallest absolute Gasteiger partial charge is 0.243 e. The van der Waals surface area contributed by atoms with Gasteiger partial charge in [-0.15, -0.1) is 0 Å². The van der Waals surface area contributed by atoms with E-state index in [0.717, 1.165) is 16.7 Å². The Hall–Kier alpha value is -1.07. The van der Waals surface area contributed by atoms with Crippen molar-refractivity contribution in [3.05, 3.63) is 24.3 Å². The van der Waals surface area contributed by atoms with E-state index in [1.807, 2.05) is 6.92 Å². The fourth-order valence-electron chi connectivity index (χ4n) is 2.48. The molecular weight excluding hydrogens is 394 g/mol. The predicted molar refractivity (Wildman–Crippen MR) is 106 cm³/mol. The Kier molecular flexibility index (Phi) is 6.62. The van der Waals surface area contributed by atoms with Crippen molar-refractivity contribution in [1.29, 1.82) is 0 Å². The summed E-state index contributed by atoms with van der Waals surface area (Å²) in [4.78, 5) is 16.8. The summed E-state index contributed by atoms with van der Waals surface area (Å²) >= 11 is 3.11. The molecule has 0 unspecified atom stereocenters. The highest BCUT2D eigenvalue weighted by Crippen LogP contribution is 2.26. The van der Waals surface area contributed by atoms with Crippen LogP contribution in [0.4, 0.5) is 5.69 Å². The highest BCUT2D eigenvalue weighted by atomic mass is 32.2. The van der Waals surface area contributed by atoms with Crippen molar-refractivity contribution in [2.75, 3.05) is 43.9 Å². The van der Waals surface area contributed by atoms with Gasteiger partial charge in [-0.1, -0.05) is 23.5 Å². The molecule has 1 saturated heterocycles. The third kappa shape index (κ3) is 4.80. The molecule has 26 heavy (non-hydrogen) atoms. The Labute approximate surface area is 162 Å². The lowest BCUT2D eigenvalue weighted by molar-refractivity contribution is -0.115. The molecule has 1 aromatic rings. The average molecular weight is 416 g/mol. The first-order valence-corrected chi connectivity index (χ1v) is 11.6. The summed E-state index contributed by atoms with van der Waals surface area (Å²) in [6.45, 7) is 4.17. The first-order chi connectivity index (χ1) is 12.5. The van der Waals surface area contributed by atoms with Crippen LogP contribution >= 0.6 is 23.5 Å². The average Bonchev–Trinajstić information content (AvgIpc) is 3.16. The van der Waals surface area contributed by atoms with Gasteiger partial charge in [0.1, 0.15) is 4.38 Å². The second kappa shape index (κ2) is 8.75. The lowest BCUT2D eigenvalue weighted by Gasteiger charge is -2.26. The van der Waals surface area contributed by atoms with Gasteiger partial charge >= 0.3 is 0 Å². The number of aliphatic imine (C=N–C) groups is 1. The predicted octanol–water partition coefficient (Wildman–Crippen LogP) is 1.87. The molecule has 7 nitrogen and oxygen atoms in total. The van der Waals surface area contributed by atoms with Crippen LogP contribution < -0.4 is 5.32 Å². The number of anilines is 1. The van der Waals surface area contributed by atoms with E-state index in [1.54, 1.807) is 23.9 Å². The second-order valence-electron chi connectivity index (χ2n) is 5.79. The van der Waals surface area contributed by atoms with E-state index in [1.165, 1.54) is 28.2 Å². The zero-order chi connectivity index (χ0) is 18.6. The van der Waals surface area contributed by atoms with E-state index >= 15 is 0 Å². The summed E-state index contributed by atoms with van der Waals surface area (Å²) in [7, 11) is -3.52. The van der Waals surface area contributed by atoms with Gasteiger partial charge in [0.25, 0.3) is 0 Å². The molecule has 2 aliphatic rings. The Bertz CT molecular complexity index is 774. The van der Waals surface area contributed by atoms with Gasteiger partial charge in [-0.3, -0.25) is 9.79 Å². The maximum Gasteiger partial charge on any atom is 0.243 e. The molecule has 0 aromatic heterocycles. The van der Waals surface area contributed by atoms with Gasteiger partial charge in [-0.25, -0.2) is 8.42 Å². The molecule has 0 aliphatic carbocycles. The highest BCUT2D eigenvalue weighted by molar-refractivity contribution is 8.39. The number of hydrogen-bond donors (Lipinski definition) is 1. The number of sulfonamides is 1. The minimum absolute atomic E-state index is 0.131. The van der Waals surface area contributed by atoms with Crippen molar-refractivity contribution in [2.45, 2.75) is 17.1 Å². The maximum absolute atomic E-state index is 12.6. The molecule has 1 fully saturated rings. The lowest BCUT2D eigenvalue weighted by atomic mass is 10.3. The zero-order valence-corrected chi connectivity index (χ0v) is 16.8. The normalized spacial score (nSPS) is 19.8. The molecule has 0 saturated carbocycles. The summed E-state index contributed by atoms with van der Waals surface area (Å²) in [5.74, 6) is 0.837. The molecule has 0 radical (unpaired) electrons. The Balaban J connectivity index is 1.61. The summed E-state index contributed by atoms with van der Waals surface area (Å²) in [5, 5.41) is 2.55. The van der Waals surface area contributed by atoms with Gasteiger partial charge in [0.05, 0.1) is 29.9 Å². The number of rotatable bonds is 5. The SMILES string of the molecule is C[C@H](SC1=NCCS1)C(=O)Nc1ccc(S(=O)(=O)N2CCOCC2)cc1. The van der Waals surface area contributed by atoms with E-state index in [9.17, 15) is 13.2 Å². The van der Waals surface area contributed by atoms with Gasteiger partial charge in [-0.2, -0.15) is 4.31 Å². The third-order valence-electron chi connectivity index (χ3n) is 3.93. The quantitative estimate of drug-likeness (QED) is 0.790. The molecule has 2 heterocycles. The van der Waals surface area contributed by atoms with Crippen molar-refractivity contribution in [2.24, 2.45) is 4.99 Å². The number of carbonyl (C=O) groups is 1. The van der Waals surface area contributed by atoms with Crippen molar-refractivity contribution < 1.29 is 17.9 Å². The van der Waals surface area contributed by atoms with E-state index in [4.69, 9.17) is 4.74 Å². The molecule has 1 atom stereocenters. The number of morpholine rings is 1. The second-order valence-corrected chi connectivity index (χ2v) is 10.4. The van der Waals surface area contributed by atoms with E-state index in [-0.39, 0.29) is 16.1 Å². The zero-order valence-electron chi connectivity index (χ0n) is 14.4. The molecular formula is C16H21N3O4S3. The minimum atomic E-state index is -3.52. The van der Waals surface area contributed by atoms with Gasteiger partial charge in [0.15, 0.2) is 0 Å². The van der Waals surface area contributed by atoms with Crippen molar-refractivity contribution >= 4 is 49.5 Å². The van der Waals surface area contributed by atoms with Crippen molar-refractivity contribution in [1.82, 2.24) is 4.31 Å². The number of amides is 1. The Morgan fingerprint density at radius 2 is 2.00 bits per heavy atom. The van der Waals surface area contributed by atoms with Crippen LogP contribution in [0.3, 0.4) is 0 Å². The van der Waals surface area contributed by atoms with Gasteiger partial charge in [0.2, 0.25) is 15.9 Å². The van der Waals surface area contributed by atoms with Crippen LogP contribution in [-0.2, 0) is 19.6 Å². The molecule has 1 aromatic carbocycles. The van der Waals surface area contributed by atoms with Gasteiger partial charge in [-0.05, 0) is 31.2 Å². The molecule has 3 rings (SSSR count). The van der Waals surface area contributed by atoms with Crippen LogP contribution in [0.1, 0.15) is 6.92 Å².